The third-order valence-corrected chi connectivity index (χ3v) is 6.72. The standard InChI is InChI=1S/C27H20Cl2FN3O2/c1-16-8-9-18(30)11-20(16)26(34)31-24-13-22(28)21(12-23(24)29)27(35)33-15-19-6-4-10-32(19)14-17-5-2-3-7-25(17)33/h2-13H,14-15H2,1H3,(H,31,34). The fourth-order valence-electron chi connectivity index (χ4n) is 4.25. The first-order chi connectivity index (χ1) is 16.8. The lowest BCUT2D eigenvalue weighted by Crippen LogP contribution is -2.31. The molecule has 3 aromatic carbocycles. The first-order valence-electron chi connectivity index (χ1n) is 10.9. The zero-order valence-electron chi connectivity index (χ0n) is 18.7. The SMILES string of the molecule is Cc1ccc(F)cc1C(=O)Nc1cc(Cl)c(C(=O)N2Cc3cccn3Cc3ccccc32)cc1Cl. The molecule has 2 heterocycles. The summed E-state index contributed by atoms with van der Waals surface area (Å²) in [6, 6.07) is 18.5. The monoisotopic (exact) mass is 507 g/mol. The van der Waals surface area contributed by atoms with Crippen LogP contribution in [0.2, 0.25) is 10.0 Å². The summed E-state index contributed by atoms with van der Waals surface area (Å²) in [7, 11) is 0. The van der Waals surface area contributed by atoms with Gasteiger partial charge in [-0.05, 0) is 60.5 Å². The molecule has 35 heavy (non-hydrogen) atoms. The number of carbonyl (C=O) groups is 2. The minimum atomic E-state index is -0.527. The van der Waals surface area contributed by atoms with E-state index in [9.17, 15) is 14.0 Å². The maximum absolute atomic E-state index is 13.7. The Morgan fingerprint density at radius 3 is 2.54 bits per heavy atom. The molecule has 1 aromatic heterocycles. The van der Waals surface area contributed by atoms with Crippen LogP contribution < -0.4 is 10.2 Å². The minimum absolute atomic E-state index is 0.141. The van der Waals surface area contributed by atoms with Gasteiger partial charge in [0.2, 0.25) is 0 Å². The second-order valence-electron chi connectivity index (χ2n) is 8.37. The highest BCUT2D eigenvalue weighted by atomic mass is 35.5. The van der Waals surface area contributed by atoms with Gasteiger partial charge in [-0.2, -0.15) is 0 Å². The van der Waals surface area contributed by atoms with E-state index in [0.717, 1.165) is 23.0 Å². The topological polar surface area (TPSA) is 54.3 Å². The van der Waals surface area contributed by atoms with Gasteiger partial charge in [0.05, 0.1) is 27.8 Å². The summed E-state index contributed by atoms with van der Waals surface area (Å²) in [6.07, 6.45) is 1.99. The second kappa shape index (κ2) is 9.21. The molecule has 5 nitrogen and oxygen atoms in total. The zero-order valence-corrected chi connectivity index (χ0v) is 20.2. The Balaban J connectivity index is 1.47. The van der Waals surface area contributed by atoms with Crippen molar-refractivity contribution in [2.45, 2.75) is 20.0 Å². The number of amides is 2. The van der Waals surface area contributed by atoms with Gasteiger partial charge in [0, 0.05) is 29.7 Å². The van der Waals surface area contributed by atoms with Crippen molar-refractivity contribution in [2.75, 3.05) is 10.2 Å². The Labute approximate surface area is 211 Å². The molecule has 0 fully saturated rings. The van der Waals surface area contributed by atoms with E-state index in [2.05, 4.69) is 9.88 Å². The molecule has 1 aliphatic rings. The van der Waals surface area contributed by atoms with Crippen molar-refractivity contribution in [3.63, 3.8) is 0 Å². The molecule has 0 atom stereocenters. The van der Waals surface area contributed by atoms with Crippen molar-refractivity contribution in [3.05, 3.63) is 117 Å². The van der Waals surface area contributed by atoms with Crippen LogP contribution >= 0.6 is 23.2 Å². The van der Waals surface area contributed by atoms with Gasteiger partial charge in [0.1, 0.15) is 5.82 Å². The van der Waals surface area contributed by atoms with Crippen LogP contribution in [0.3, 0.4) is 0 Å². The maximum atomic E-state index is 13.7. The summed E-state index contributed by atoms with van der Waals surface area (Å²) in [5, 5.41) is 2.95. The average Bonchev–Trinajstić information content (AvgIpc) is 3.21. The molecule has 0 radical (unpaired) electrons. The van der Waals surface area contributed by atoms with Crippen molar-refractivity contribution in [1.29, 1.82) is 0 Å². The molecule has 8 heteroatoms. The van der Waals surface area contributed by atoms with E-state index in [1.807, 2.05) is 42.6 Å². The highest BCUT2D eigenvalue weighted by Crippen LogP contribution is 2.34. The van der Waals surface area contributed by atoms with Gasteiger partial charge in [-0.25, -0.2) is 4.39 Å². The number of hydrogen-bond acceptors (Lipinski definition) is 2. The number of anilines is 2. The molecule has 0 bridgehead atoms. The Hall–Kier alpha value is -3.61. The molecule has 0 aliphatic carbocycles. The van der Waals surface area contributed by atoms with E-state index in [-0.39, 0.29) is 32.8 Å². The number of hydrogen-bond donors (Lipinski definition) is 1. The summed E-state index contributed by atoms with van der Waals surface area (Å²) in [6.45, 7) is 2.73. The Kier molecular flexibility index (Phi) is 6.09. The lowest BCUT2D eigenvalue weighted by Gasteiger charge is -2.23. The fourth-order valence-corrected chi connectivity index (χ4v) is 4.70. The van der Waals surface area contributed by atoms with Crippen molar-refractivity contribution >= 4 is 46.4 Å². The van der Waals surface area contributed by atoms with Crippen LogP contribution in [-0.2, 0) is 13.1 Å². The number of benzene rings is 3. The molecule has 0 unspecified atom stereocenters. The van der Waals surface area contributed by atoms with Crippen molar-refractivity contribution in [3.8, 4) is 0 Å². The Morgan fingerprint density at radius 2 is 1.71 bits per heavy atom. The number of fused-ring (bicyclic) bond motifs is 2. The number of aromatic nitrogens is 1. The molecule has 5 rings (SSSR count). The normalized spacial score (nSPS) is 12.5. The van der Waals surface area contributed by atoms with Crippen LogP contribution in [0.4, 0.5) is 15.8 Å². The summed E-state index contributed by atoms with van der Waals surface area (Å²) >= 11 is 13.0. The lowest BCUT2D eigenvalue weighted by molar-refractivity contribution is 0.0984. The van der Waals surface area contributed by atoms with E-state index in [1.54, 1.807) is 11.8 Å². The number of nitrogens with one attached hydrogen (secondary N) is 1. The molecule has 1 aliphatic heterocycles. The van der Waals surface area contributed by atoms with Crippen LogP contribution in [0, 0.1) is 12.7 Å². The minimum Gasteiger partial charge on any atom is -0.345 e. The van der Waals surface area contributed by atoms with Crippen LogP contribution in [-0.4, -0.2) is 16.4 Å². The first-order valence-corrected chi connectivity index (χ1v) is 11.7. The van der Waals surface area contributed by atoms with Gasteiger partial charge in [0.25, 0.3) is 11.8 Å². The molecule has 0 spiro atoms. The van der Waals surface area contributed by atoms with Gasteiger partial charge in [-0.1, -0.05) is 47.5 Å². The summed E-state index contributed by atoms with van der Waals surface area (Å²) in [4.78, 5) is 28.1. The third-order valence-electron chi connectivity index (χ3n) is 6.09. The van der Waals surface area contributed by atoms with E-state index < -0.39 is 11.7 Å². The van der Waals surface area contributed by atoms with Crippen LogP contribution in [0.15, 0.2) is 72.9 Å². The Bertz CT molecular complexity index is 1480. The molecular weight excluding hydrogens is 488 g/mol. The lowest BCUT2D eigenvalue weighted by atomic mass is 10.1. The number of para-hydroxylation sites is 1. The molecule has 1 N–H and O–H groups in total. The number of carbonyl (C=O) groups excluding carboxylic acids is 2. The second-order valence-corrected chi connectivity index (χ2v) is 9.19. The average molecular weight is 508 g/mol. The molecule has 0 saturated carbocycles. The predicted molar refractivity (Wildman–Crippen MR) is 136 cm³/mol. The summed E-state index contributed by atoms with van der Waals surface area (Å²) in [5.74, 6) is -1.35. The van der Waals surface area contributed by atoms with E-state index in [1.165, 1.54) is 24.3 Å². The van der Waals surface area contributed by atoms with Crippen molar-refractivity contribution in [1.82, 2.24) is 4.57 Å². The molecule has 176 valence electrons. The highest BCUT2D eigenvalue weighted by molar-refractivity contribution is 6.38. The molecule has 0 saturated heterocycles. The van der Waals surface area contributed by atoms with E-state index in [0.29, 0.717) is 18.7 Å². The van der Waals surface area contributed by atoms with Gasteiger partial charge in [0.15, 0.2) is 0 Å². The summed E-state index contributed by atoms with van der Waals surface area (Å²) in [5.41, 5.74) is 4.04. The smallest absolute Gasteiger partial charge is 0.260 e. The van der Waals surface area contributed by atoms with E-state index >= 15 is 0 Å². The molecule has 4 aromatic rings. The first kappa shape index (κ1) is 23.1. The fraction of sp³-hybridized carbons (Fsp3) is 0.111. The highest BCUT2D eigenvalue weighted by Gasteiger charge is 2.27. The summed E-state index contributed by atoms with van der Waals surface area (Å²) < 4.78 is 15.7. The van der Waals surface area contributed by atoms with Gasteiger partial charge in [-0.3, -0.25) is 9.59 Å². The van der Waals surface area contributed by atoms with E-state index in [4.69, 9.17) is 23.2 Å². The molecular formula is C27H20Cl2FN3O2. The van der Waals surface area contributed by atoms with Gasteiger partial charge >= 0.3 is 0 Å². The van der Waals surface area contributed by atoms with Crippen LogP contribution in [0.5, 0.6) is 0 Å². The Morgan fingerprint density at radius 1 is 0.914 bits per heavy atom. The third kappa shape index (κ3) is 4.43. The van der Waals surface area contributed by atoms with Crippen molar-refractivity contribution < 1.29 is 14.0 Å². The number of nitrogens with zero attached hydrogens (tertiary/aromatic N) is 2. The van der Waals surface area contributed by atoms with Crippen LogP contribution in [0.25, 0.3) is 0 Å². The number of halogens is 3. The quantitative estimate of drug-likeness (QED) is 0.335. The van der Waals surface area contributed by atoms with Crippen molar-refractivity contribution in [2.24, 2.45) is 0 Å². The van der Waals surface area contributed by atoms with Gasteiger partial charge < -0.3 is 14.8 Å². The van der Waals surface area contributed by atoms with Crippen LogP contribution in [0.1, 0.15) is 37.5 Å². The molecule has 2 amide bonds. The number of aryl methyl sites for hydroxylation is 1. The predicted octanol–water partition coefficient (Wildman–Crippen LogP) is 6.70. The van der Waals surface area contributed by atoms with Gasteiger partial charge in [-0.15, -0.1) is 0 Å². The zero-order chi connectivity index (χ0) is 24.7. The number of rotatable bonds is 3. The maximum Gasteiger partial charge on any atom is 0.260 e. The largest absolute Gasteiger partial charge is 0.345 e.